The summed E-state index contributed by atoms with van der Waals surface area (Å²) in [4.78, 5) is 26.4. The van der Waals surface area contributed by atoms with Crippen molar-refractivity contribution in [1.29, 1.82) is 0 Å². The minimum absolute atomic E-state index is 0.0469. The first-order chi connectivity index (χ1) is 11.7. The van der Waals surface area contributed by atoms with Crippen LogP contribution in [-0.4, -0.2) is 49.6 Å². The van der Waals surface area contributed by atoms with Crippen LogP contribution in [0.4, 0.5) is 0 Å². The van der Waals surface area contributed by atoms with E-state index in [0.29, 0.717) is 30.5 Å². The topological polar surface area (TPSA) is 94.2 Å². The molecule has 2 aliphatic heterocycles. The highest BCUT2D eigenvalue weighted by Gasteiger charge is 2.45. The predicted octanol–water partition coefficient (Wildman–Crippen LogP) is 1.69. The van der Waals surface area contributed by atoms with Crippen molar-refractivity contribution < 1.29 is 14.1 Å². The number of amides is 1. The van der Waals surface area contributed by atoms with Gasteiger partial charge in [-0.1, -0.05) is 5.16 Å². The van der Waals surface area contributed by atoms with Crippen LogP contribution in [0.3, 0.4) is 0 Å². The van der Waals surface area contributed by atoms with E-state index in [-0.39, 0.29) is 17.6 Å². The van der Waals surface area contributed by atoms with Gasteiger partial charge in [-0.15, -0.1) is 0 Å². The van der Waals surface area contributed by atoms with Crippen LogP contribution in [0.1, 0.15) is 54.0 Å². The van der Waals surface area contributed by atoms with E-state index in [2.05, 4.69) is 20.1 Å². The van der Waals surface area contributed by atoms with Gasteiger partial charge in [-0.3, -0.25) is 4.79 Å². The maximum Gasteiger partial charge on any atom is 0.272 e. The normalized spacial score (nSPS) is 22.9. The van der Waals surface area contributed by atoms with Crippen LogP contribution in [0.5, 0.6) is 0 Å². The lowest BCUT2D eigenvalue weighted by Crippen LogP contribution is -2.46. The SMILES string of the molecule is Cc1noc([C@H]2CCC3(CCN(C(=O)c4ccncn4)CC3)O2)n1. The standard InChI is InChI=1S/C16H19N5O3/c1-11-19-14(24-20-11)13-2-4-16(23-13)5-8-21(9-6-16)15(22)12-3-7-17-10-18-12/h3,7,10,13H,2,4-6,8-9H2,1H3/t13-/m1/s1. The van der Waals surface area contributed by atoms with Gasteiger partial charge in [-0.05, 0) is 38.7 Å². The van der Waals surface area contributed by atoms with Crippen molar-refractivity contribution in [2.75, 3.05) is 13.1 Å². The Balaban J connectivity index is 1.39. The van der Waals surface area contributed by atoms with E-state index < -0.39 is 0 Å². The smallest absolute Gasteiger partial charge is 0.272 e. The number of rotatable bonds is 2. The van der Waals surface area contributed by atoms with Crippen LogP contribution in [-0.2, 0) is 4.74 Å². The molecule has 4 heterocycles. The highest BCUT2D eigenvalue weighted by molar-refractivity contribution is 5.92. The van der Waals surface area contributed by atoms with Crippen molar-refractivity contribution in [3.8, 4) is 0 Å². The number of aryl methyl sites for hydroxylation is 1. The van der Waals surface area contributed by atoms with Gasteiger partial charge in [0.15, 0.2) is 5.82 Å². The molecule has 0 aromatic carbocycles. The van der Waals surface area contributed by atoms with Crippen molar-refractivity contribution in [1.82, 2.24) is 25.0 Å². The molecule has 0 radical (unpaired) electrons. The third kappa shape index (κ3) is 2.77. The summed E-state index contributed by atoms with van der Waals surface area (Å²) >= 11 is 0. The number of hydrogen-bond donors (Lipinski definition) is 0. The quantitative estimate of drug-likeness (QED) is 0.827. The first-order valence-electron chi connectivity index (χ1n) is 8.19. The predicted molar refractivity (Wildman–Crippen MR) is 82.0 cm³/mol. The van der Waals surface area contributed by atoms with Gasteiger partial charge < -0.3 is 14.2 Å². The molecule has 1 amide bonds. The molecule has 2 aliphatic rings. The van der Waals surface area contributed by atoms with E-state index in [1.807, 2.05) is 4.90 Å². The van der Waals surface area contributed by atoms with Crippen LogP contribution in [0.25, 0.3) is 0 Å². The number of nitrogens with zero attached hydrogens (tertiary/aromatic N) is 5. The second kappa shape index (κ2) is 5.94. The molecule has 2 aromatic heterocycles. The Morgan fingerprint density at radius 2 is 2.17 bits per heavy atom. The van der Waals surface area contributed by atoms with Gasteiger partial charge in [-0.25, -0.2) is 9.97 Å². The molecule has 8 heteroatoms. The maximum atomic E-state index is 12.5. The molecule has 8 nitrogen and oxygen atoms in total. The number of hydrogen-bond acceptors (Lipinski definition) is 7. The Kier molecular flexibility index (Phi) is 3.76. The van der Waals surface area contributed by atoms with E-state index in [9.17, 15) is 4.79 Å². The van der Waals surface area contributed by atoms with Crippen LogP contribution in [0, 0.1) is 6.92 Å². The van der Waals surface area contributed by atoms with Crippen LogP contribution in [0.15, 0.2) is 23.1 Å². The van der Waals surface area contributed by atoms with E-state index in [0.717, 1.165) is 25.7 Å². The molecule has 2 saturated heterocycles. The van der Waals surface area contributed by atoms with Crippen molar-refractivity contribution >= 4 is 5.91 Å². The molecule has 4 rings (SSSR count). The number of ether oxygens (including phenoxy) is 1. The highest BCUT2D eigenvalue weighted by atomic mass is 16.5. The minimum Gasteiger partial charge on any atom is -0.362 e. The third-order valence-electron chi connectivity index (χ3n) is 4.84. The van der Waals surface area contributed by atoms with E-state index in [4.69, 9.17) is 9.26 Å². The average molecular weight is 329 g/mol. The lowest BCUT2D eigenvalue weighted by Gasteiger charge is -2.38. The number of likely N-dealkylation sites (tertiary alicyclic amines) is 1. The molecular weight excluding hydrogens is 310 g/mol. The summed E-state index contributed by atoms with van der Waals surface area (Å²) in [5.74, 6) is 1.14. The summed E-state index contributed by atoms with van der Waals surface area (Å²) < 4.78 is 11.5. The summed E-state index contributed by atoms with van der Waals surface area (Å²) in [6.45, 7) is 3.13. The van der Waals surface area contributed by atoms with E-state index in [1.54, 1.807) is 19.2 Å². The molecule has 0 aliphatic carbocycles. The number of aromatic nitrogens is 4. The lowest BCUT2D eigenvalue weighted by molar-refractivity contribution is -0.0821. The first-order valence-corrected chi connectivity index (χ1v) is 8.19. The largest absolute Gasteiger partial charge is 0.362 e. The Morgan fingerprint density at radius 3 is 2.83 bits per heavy atom. The molecule has 1 spiro atoms. The molecular formula is C16H19N5O3. The van der Waals surface area contributed by atoms with Gasteiger partial charge in [0.2, 0.25) is 0 Å². The molecule has 0 saturated carbocycles. The number of piperidine rings is 1. The van der Waals surface area contributed by atoms with Crippen molar-refractivity contribution in [2.45, 2.75) is 44.3 Å². The van der Waals surface area contributed by atoms with Gasteiger partial charge >= 0.3 is 0 Å². The monoisotopic (exact) mass is 329 g/mol. The Morgan fingerprint density at radius 1 is 1.33 bits per heavy atom. The Hall–Kier alpha value is -2.35. The Labute approximate surface area is 139 Å². The maximum absolute atomic E-state index is 12.5. The average Bonchev–Trinajstić information content (AvgIpc) is 3.23. The van der Waals surface area contributed by atoms with E-state index in [1.165, 1.54) is 6.33 Å². The summed E-state index contributed by atoms with van der Waals surface area (Å²) in [5.41, 5.74) is 0.252. The van der Waals surface area contributed by atoms with Crippen LogP contribution < -0.4 is 0 Å². The van der Waals surface area contributed by atoms with Crippen molar-refractivity contribution in [3.63, 3.8) is 0 Å². The highest BCUT2D eigenvalue weighted by Crippen LogP contribution is 2.44. The molecule has 0 N–H and O–H groups in total. The fraction of sp³-hybridized carbons (Fsp3) is 0.562. The van der Waals surface area contributed by atoms with Gasteiger partial charge in [0, 0.05) is 19.3 Å². The minimum atomic E-state index is -0.185. The summed E-state index contributed by atoms with van der Waals surface area (Å²) in [6.07, 6.45) is 6.31. The third-order valence-corrected chi connectivity index (χ3v) is 4.84. The zero-order chi connectivity index (χ0) is 16.6. The van der Waals surface area contributed by atoms with Crippen molar-refractivity contribution in [3.05, 3.63) is 36.0 Å². The summed E-state index contributed by atoms with van der Waals surface area (Å²) in [5, 5.41) is 3.83. The fourth-order valence-corrected chi connectivity index (χ4v) is 3.50. The summed E-state index contributed by atoms with van der Waals surface area (Å²) in [7, 11) is 0. The van der Waals surface area contributed by atoms with Crippen LogP contribution >= 0.6 is 0 Å². The zero-order valence-electron chi connectivity index (χ0n) is 13.5. The van der Waals surface area contributed by atoms with Gasteiger partial charge in [-0.2, -0.15) is 4.98 Å². The molecule has 0 unspecified atom stereocenters. The van der Waals surface area contributed by atoms with Crippen molar-refractivity contribution in [2.24, 2.45) is 0 Å². The molecule has 24 heavy (non-hydrogen) atoms. The molecule has 0 bridgehead atoms. The first kappa shape index (κ1) is 15.2. The Bertz CT molecular complexity index is 724. The second-order valence-electron chi connectivity index (χ2n) is 6.39. The number of carbonyl (C=O) groups excluding carboxylic acids is 1. The molecule has 2 fully saturated rings. The molecule has 1 atom stereocenters. The number of carbonyl (C=O) groups is 1. The van der Waals surface area contributed by atoms with Crippen LogP contribution in [0.2, 0.25) is 0 Å². The zero-order valence-corrected chi connectivity index (χ0v) is 13.5. The fourth-order valence-electron chi connectivity index (χ4n) is 3.50. The van der Waals surface area contributed by atoms with Gasteiger partial charge in [0.05, 0.1) is 5.60 Å². The molecule has 2 aromatic rings. The van der Waals surface area contributed by atoms with E-state index >= 15 is 0 Å². The second-order valence-corrected chi connectivity index (χ2v) is 6.39. The summed E-state index contributed by atoms with van der Waals surface area (Å²) in [6, 6.07) is 1.65. The van der Waals surface area contributed by atoms with Gasteiger partial charge in [0.1, 0.15) is 18.1 Å². The molecule has 126 valence electrons. The van der Waals surface area contributed by atoms with Gasteiger partial charge in [0.25, 0.3) is 11.8 Å². The lowest BCUT2D eigenvalue weighted by atomic mass is 9.88.